The standard InChI is InChI=1S/C12H25N/c1-4-8-12(13)9-11(12)7-6-10(3)5-2/h10-11H,4-9,13H2,1-3H3. The Labute approximate surface area is 83.1 Å². The van der Waals surface area contributed by atoms with Gasteiger partial charge in [0.25, 0.3) is 0 Å². The lowest BCUT2D eigenvalue weighted by atomic mass is 9.98. The third kappa shape index (κ3) is 2.98. The maximum Gasteiger partial charge on any atom is 0.0186 e. The van der Waals surface area contributed by atoms with E-state index in [9.17, 15) is 0 Å². The molecule has 0 bridgehead atoms. The van der Waals surface area contributed by atoms with E-state index < -0.39 is 0 Å². The summed E-state index contributed by atoms with van der Waals surface area (Å²) >= 11 is 0. The van der Waals surface area contributed by atoms with E-state index in [-0.39, 0.29) is 5.54 Å². The first-order valence-corrected chi connectivity index (χ1v) is 5.91. The van der Waals surface area contributed by atoms with E-state index in [0.717, 1.165) is 11.8 Å². The van der Waals surface area contributed by atoms with Crippen molar-refractivity contribution in [2.75, 3.05) is 0 Å². The lowest BCUT2D eigenvalue weighted by Crippen LogP contribution is -2.24. The quantitative estimate of drug-likeness (QED) is 0.671. The van der Waals surface area contributed by atoms with Crippen molar-refractivity contribution in [3.8, 4) is 0 Å². The minimum absolute atomic E-state index is 0.252. The van der Waals surface area contributed by atoms with Crippen LogP contribution < -0.4 is 5.73 Å². The molecule has 0 aromatic carbocycles. The normalized spacial score (nSPS) is 34.6. The van der Waals surface area contributed by atoms with Crippen LogP contribution in [-0.4, -0.2) is 5.54 Å². The highest BCUT2D eigenvalue weighted by molar-refractivity contribution is 5.06. The van der Waals surface area contributed by atoms with Gasteiger partial charge in [-0.05, 0) is 31.1 Å². The molecule has 0 aliphatic heterocycles. The molecule has 1 saturated carbocycles. The van der Waals surface area contributed by atoms with Gasteiger partial charge in [0.05, 0.1) is 0 Å². The van der Waals surface area contributed by atoms with Gasteiger partial charge >= 0.3 is 0 Å². The monoisotopic (exact) mass is 183 g/mol. The Hall–Kier alpha value is -0.0400. The van der Waals surface area contributed by atoms with E-state index in [1.807, 2.05) is 0 Å². The molecular weight excluding hydrogens is 158 g/mol. The summed E-state index contributed by atoms with van der Waals surface area (Å²) < 4.78 is 0. The van der Waals surface area contributed by atoms with Crippen LogP contribution in [0.3, 0.4) is 0 Å². The number of nitrogens with two attached hydrogens (primary N) is 1. The highest BCUT2D eigenvalue weighted by Gasteiger charge is 2.48. The molecule has 0 amide bonds. The molecule has 13 heavy (non-hydrogen) atoms. The van der Waals surface area contributed by atoms with Crippen LogP contribution in [0.5, 0.6) is 0 Å². The van der Waals surface area contributed by atoms with Gasteiger partial charge < -0.3 is 5.73 Å². The third-order valence-corrected chi connectivity index (χ3v) is 3.70. The van der Waals surface area contributed by atoms with E-state index >= 15 is 0 Å². The summed E-state index contributed by atoms with van der Waals surface area (Å²) in [4.78, 5) is 0. The summed E-state index contributed by atoms with van der Waals surface area (Å²) in [5, 5.41) is 0. The predicted molar refractivity (Wildman–Crippen MR) is 58.6 cm³/mol. The van der Waals surface area contributed by atoms with Crippen molar-refractivity contribution in [3.05, 3.63) is 0 Å². The molecular formula is C12H25N. The topological polar surface area (TPSA) is 26.0 Å². The Bertz CT molecular complexity index is 155. The zero-order valence-corrected chi connectivity index (χ0v) is 9.47. The fraction of sp³-hybridized carbons (Fsp3) is 1.00. The number of hydrogen-bond donors (Lipinski definition) is 1. The van der Waals surface area contributed by atoms with E-state index in [1.54, 1.807) is 0 Å². The van der Waals surface area contributed by atoms with E-state index in [2.05, 4.69) is 20.8 Å². The van der Waals surface area contributed by atoms with Gasteiger partial charge in [0.2, 0.25) is 0 Å². The van der Waals surface area contributed by atoms with E-state index in [1.165, 1.54) is 38.5 Å². The molecule has 1 aliphatic carbocycles. The largest absolute Gasteiger partial charge is 0.325 e. The highest BCUT2D eigenvalue weighted by atomic mass is 14.9. The van der Waals surface area contributed by atoms with Crippen LogP contribution in [0.1, 0.15) is 59.3 Å². The molecule has 1 aliphatic rings. The minimum Gasteiger partial charge on any atom is -0.325 e. The Kier molecular flexibility index (Phi) is 3.78. The molecule has 0 radical (unpaired) electrons. The third-order valence-electron chi connectivity index (χ3n) is 3.70. The molecule has 3 atom stereocenters. The average molecular weight is 183 g/mol. The summed E-state index contributed by atoms with van der Waals surface area (Å²) in [5.74, 6) is 1.74. The maximum absolute atomic E-state index is 6.23. The van der Waals surface area contributed by atoms with Crippen LogP contribution >= 0.6 is 0 Å². The van der Waals surface area contributed by atoms with Crippen LogP contribution in [0.4, 0.5) is 0 Å². The molecule has 1 fully saturated rings. The fourth-order valence-corrected chi connectivity index (χ4v) is 2.25. The smallest absolute Gasteiger partial charge is 0.0186 e. The first-order chi connectivity index (χ1) is 6.12. The second kappa shape index (κ2) is 4.45. The molecule has 1 nitrogen and oxygen atoms in total. The van der Waals surface area contributed by atoms with Gasteiger partial charge in [0.1, 0.15) is 0 Å². The summed E-state index contributed by atoms with van der Waals surface area (Å²) in [5.41, 5.74) is 6.48. The van der Waals surface area contributed by atoms with Crippen molar-refractivity contribution in [3.63, 3.8) is 0 Å². The van der Waals surface area contributed by atoms with Gasteiger partial charge in [0, 0.05) is 5.54 Å². The molecule has 3 unspecified atom stereocenters. The zero-order valence-electron chi connectivity index (χ0n) is 9.47. The van der Waals surface area contributed by atoms with E-state index in [4.69, 9.17) is 5.73 Å². The molecule has 1 heteroatoms. The van der Waals surface area contributed by atoms with Crippen LogP contribution in [0.15, 0.2) is 0 Å². The molecule has 1 rings (SSSR count). The van der Waals surface area contributed by atoms with Crippen LogP contribution in [0.25, 0.3) is 0 Å². The molecule has 0 aromatic heterocycles. The van der Waals surface area contributed by atoms with Gasteiger partial charge in [-0.15, -0.1) is 0 Å². The fourth-order valence-electron chi connectivity index (χ4n) is 2.25. The number of hydrogen-bond acceptors (Lipinski definition) is 1. The van der Waals surface area contributed by atoms with Crippen molar-refractivity contribution >= 4 is 0 Å². The molecule has 0 saturated heterocycles. The van der Waals surface area contributed by atoms with Crippen LogP contribution in [-0.2, 0) is 0 Å². The first kappa shape index (κ1) is 11.0. The van der Waals surface area contributed by atoms with Crippen LogP contribution in [0, 0.1) is 11.8 Å². The molecule has 0 spiro atoms. The molecule has 78 valence electrons. The second-order valence-corrected chi connectivity index (χ2v) is 4.97. The first-order valence-electron chi connectivity index (χ1n) is 5.91. The Morgan fingerprint density at radius 1 is 1.46 bits per heavy atom. The van der Waals surface area contributed by atoms with E-state index in [0.29, 0.717) is 0 Å². The molecule has 0 aromatic rings. The van der Waals surface area contributed by atoms with Gasteiger partial charge in [-0.25, -0.2) is 0 Å². The number of rotatable bonds is 6. The summed E-state index contributed by atoms with van der Waals surface area (Å²) in [6.07, 6.45) is 7.83. The minimum atomic E-state index is 0.252. The maximum atomic E-state index is 6.23. The zero-order chi connectivity index (χ0) is 9.90. The lowest BCUT2D eigenvalue weighted by Gasteiger charge is -2.11. The Balaban J connectivity index is 2.13. The lowest BCUT2D eigenvalue weighted by molar-refractivity contribution is 0.442. The van der Waals surface area contributed by atoms with Crippen molar-refractivity contribution in [2.24, 2.45) is 17.6 Å². The second-order valence-electron chi connectivity index (χ2n) is 4.97. The SMILES string of the molecule is CCCC1(N)CC1CCC(C)CC. The highest BCUT2D eigenvalue weighted by Crippen LogP contribution is 2.47. The summed E-state index contributed by atoms with van der Waals surface area (Å²) in [7, 11) is 0. The molecule has 0 heterocycles. The van der Waals surface area contributed by atoms with Crippen molar-refractivity contribution < 1.29 is 0 Å². The Morgan fingerprint density at radius 2 is 2.15 bits per heavy atom. The summed E-state index contributed by atoms with van der Waals surface area (Å²) in [6, 6.07) is 0. The predicted octanol–water partition coefficient (Wildman–Crippen LogP) is 3.33. The van der Waals surface area contributed by atoms with Gasteiger partial charge in [-0.3, -0.25) is 0 Å². The molecule has 2 N–H and O–H groups in total. The van der Waals surface area contributed by atoms with Gasteiger partial charge in [-0.1, -0.05) is 40.0 Å². The van der Waals surface area contributed by atoms with Crippen molar-refractivity contribution in [2.45, 2.75) is 64.8 Å². The van der Waals surface area contributed by atoms with Crippen molar-refractivity contribution in [1.29, 1.82) is 0 Å². The van der Waals surface area contributed by atoms with Gasteiger partial charge in [-0.2, -0.15) is 0 Å². The van der Waals surface area contributed by atoms with Crippen LogP contribution in [0.2, 0.25) is 0 Å². The van der Waals surface area contributed by atoms with Gasteiger partial charge in [0.15, 0.2) is 0 Å². The summed E-state index contributed by atoms with van der Waals surface area (Å²) in [6.45, 7) is 6.86. The van der Waals surface area contributed by atoms with Crippen molar-refractivity contribution in [1.82, 2.24) is 0 Å². The average Bonchev–Trinajstić information content (AvgIpc) is 2.73. The Morgan fingerprint density at radius 3 is 2.69 bits per heavy atom.